The van der Waals surface area contributed by atoms with Gasteiger partial charge in [-0.05, 0) is 0 Å². The van der Waals surface area contributed by atoms with E-state index in [1.165, 1.54) is 6.33 Å². The zero-order chi connectivity index (χ0) is 10.7. The van der Waals surface area contributed by atoms with Gasteiger partial charge in [0.05, 0.1) is 7.11 Å². The zero-order valence-corrected chi connectivity index (χ0v) is 8.73. The molecule has 0 aliphatic carbocycles. The number of nitrogens with one attached hydrogen (secondary N) is 1. The molecule has 0 saturated carbocycles. The zero-order valence-electron chi connectivity index (χ0n) is 8.73. The lowest BCUT2D eigenvalue weighted by Crippen LogP contribution is -2.44. The van der Waals surface area contributed by atoms with E-state index in [0.29, 0.717) is 11.6 Å². The van der Waals surface area contributed by atoms with Gasteiger partial charge in [0.15, 0.2) is 11.6 Å². The van der Waals surface area contributed by atoms with Gasteiger partial charge < -0.3 is 20.7 Å². The van der Waals surface area contributed by atoms with Gasteiger partial charge in [0, 0.05) is 26.2 Å². The number of aromatic nitrogens is 2. The van der Waals surface area contributed by atoms with E-state index in [2.05, 4.69) is 20.2 Å². The molecule has 6 heteroatoms. The van der Waals surface area contributed by atoms with Gasteiger partial charge >= 0.3 is 0 Å². The molecule has 1 aliphatic heterocycles. The highest BCUT2D eigenvalue weighted by atomic mass is 16.5. The summed E-state index contributed by atoms with van der Waals surface area (Å²) in [7, 11) is 1.58. The Kier molecular flexibility index (Phi) is 2.86. The van der Waals surface area contributed by atoms with E-state index < -0.39 is 0 Å². The minimum atomic E-state index is 0.390. The SMILES string of the molecule is COc1c(N)ncnc1N1CCNCC1. The van der Waals surface area contributed by atoms with E-state index in [0.717, 1.165) is 32.0 Å². The van der Waals surface area contributed by atoms with E-state index in [1.54, 1.807) is 7.11 Å². The van der Waals surface area contributed by atoms with E-state index in [1.807, 2.05) is 0 Å². The van der Waals surface area contributed by atoms with Crippen molar-refractivity contribution < 1.29 is 4.74 Å². The maximum absolute atomic E-state index is 5.72. The van der Waals surface area contributed by atoms with Crippen LogP contribution in [0.25, 0.3) is 0 Å². The maximum atomic E-state index is 5.72. The van der Waals surface area contributed by atoms with Crippen molar-refractivity contribution in [1.29, 1.82) is 0 Å². The Morgan fingerprint density at radius 1 is 1.40 bits per heavy atom. The molecule has 1 fully saturated rings. The van der Waals surface area contributed by atoms with Crippen molar-refractivity contribution in [3.05, 3.63) is 6.33 Å². The first-order chi connectivity index (χ1) is 7.33. The predicted octanol–water partition coefficient (Wildman–Crippen LogP) is -0.523. The minimum Gasteiger partial charge on any atom is -0.490 e. The number of rotatable bonds is 2. The molecule has 1 aromatic rings. The Morgan fingerprint density at radius 2 is 2.13 bits per heavy atom. The van der Waals surface area contributed by atoms with Gasteiger partial charge in [-0.25, -0.2) is 9.97 Å². The van der Waals surface area contributed by atoms with Crippen LogP contribution in [0, 0.1) is 0 Å². The van der Waals surface area contributed by atoms with Gasteiger partial charge in [0.1, 0.15) is 6.33 Å². The summed E-state index contributed by atoms with van der Waals surface area (Å²) in [4.78, 5) is 10.3. The average molecular weight is 209 g/mol. The van der Waals surface area contributed by atoms with Gasteiger partial charge in [-0.2, -0.15) is 0 Å². The van der Waals surface area contributed by atoms with Gasteiger partial charge in [0.25, 0.3) is 0 Å². The van der Waals surface area contributed by atoms with Crippen molar-refractivity contribution in [2.45, 2.75) is 0 Å². The topological polar surface area (TPSA) is 76.3 Å². The predicted molar refractivity (Wildman–Crippen MR) is 58.1 cm³/mol. The summed E-state index contributed by atoms with van der Waals surface area (Å²) in [6.45, 7) is 3.72. The number of ether oxygens (including phenoxy) is 1. The normalized spacial score (nSPS) is 16.5. The Balaban J connectivity index is 2.29. The fourth-order valence-corrected chi connectivity index (χ4v) is 1.68. The van der Waals surface area contributed by atoms with E-state index >= 15 is 0 Å². The lowest BCUT2D eigenvalue weighted by atomic mass is 10.3. The number of methoxy groups -OCH3 is 1. The second kappa shape index (κ2) is 4.31. The molecule has 0 aromatic carbocycles. The summed E-state index contributed by atoms with van der Waals surface area (Å²) >= 11 is 0. The standard InChI is InChI=1S/C9H15N5O/c1-15-7-8(10)12-6-13-9(7)14-4-2-11-3-5-14/h6,11H,2-5H2,1H3,(H2,10,12,13). The van der Waals surface area contributed by atoms with Gasteiger partial charge in [-0.3, -0.25) is 0 Å². The van der Waals surface area contributed by atoms with Crippen molar-refractivity contribution in [2.75, 3.05) is 43.9 Å². The van der Waals surface area contributed by atoms with Gasteiger partial charge in [-0.15, -0.1) is 0 Å². The number of hydrogen-bond acceptors (Lipinski definition) is 6. The minimum absolute atomic E-state index is 0.390. The van der Waals surface area contributed by atoms with Crippen molar-refractivity contribution in [1.82, 2.24) is 15.3 Å². The van der Waals surface area contributed by atoms with Crippen LogP contribution in [0.3, 0.4) is 0 Å². The molecule has 0 atom stereocenters. The van der Waals surface area contributed by atoms with E-state index in [4.69, 9.17) is 10.5 Å². The molecule has 6 nitrogen and oxygen atoms in total. The van der Waals surface area contributed by atoms with Crippen LogP contribution in [-0.4, -0.2) is 43.3 Å². The molecule has 0 amide bonds. The highest BCUT2D eigenvalue weighted by Gasteiger charge is 2.18. The lowest BCUT2D eigenvalue weighted by molar-refractivity contribution is 0.411. The van der Waals surface area contributed by atoms with Crippen molar-refractivity contribution in [3.63, 3.8) is 0 Å². The molecule has 2 heterocycles. The molecular weight excluding hydrogens is 194 g/mol. The second-order valence-corrected chi connectivity index (χ2v) is 3.35. The number of nitrogens with zero attached hydrogens (tertiary/aromatic N) is 3. The van der Waals surface area contributed by atoms with Crippen LogP contribution in [0.4, 0.5) is 11.6 Å². The largest absolute Gasteiger partial charge is 0.490 e. The number of hydrogen-bond donors (Lipinski definition) is 2. The highest BCUT2D eigenvalue weighted by molar-refractivity contribution is 5.62. The molecule has 0 spiro atoms. The summed E-state index contributed by atoms with van der Waals surface area (Å²) in [6, 6.07) is 0. The van der Waals surface area contributed by atoms with Crippen LogP contribution >= 0.6 is 0 Å². The van der Waals surface area contributed by atoms with Crippen LogP contribution in [0.15, 0.2) is 6.33 Å². The first-order valence-corrected chi connectivity index (χ1v) is 4.93. The number of nitrogen functional groups attached to an aromatic ring is 1. The van der Waals surface area contributed by atoms with Crippen molar-refractivity contribution >= 4 is 11.6 Å². The summed E-state index contributed by atoms with van der Waals surface area (Å²) in [5, 5.41) is 3.28. The van der Waals surface area contributed by atoms with Crippen molar-refractivity contribution in [3.8, 4) is 5.75 Å². The van der Waals surface area contributed by atoms with E-state index in [9.17, 15) is 0 Å². The number of anilines is 2. The molecule has 1 aromatic heterocycles. The molecule has 2 rings (SSSR count). The average Bonchev–Trinajstić information content (AvgIpc) is 2.30. The Morgan fingerprint density at radius 3 is 2.80 bits per heavy atom. The van der Waals surface area contributed by atoms with Crippen LogP contribution in [0.2, 0.25) is 0 Å². The first kappa shape index (κ1) is 9.97. The maximum Gasteiger partial charge on any atom is 0.204 e. The summed E-state index contributed by atoms with van der Waals surface area (Å²) in [6.07, 6.45) is 1.47. The molecule has 3 N–H and O–H groups in total. The van der Waals surface area contributed by atoms with Crippen molar-refractivity contribution in [2.24, 2.45) is 0 Å². The quantitative estimate of drug-likeness (QED) is 0.682. The lowest BCUT2D eigenvalue weighted by Gasteiger charge is -2.29. The van der Waals surface area contributed by atoms with Crippen LogP contribution in [-0.2, 0) is 0 Å². The Bertz CT molecular complexity index is 337. The smallest absolute Gasteiger partial charge is 0.204 e. The Hall–Kier alpha value is -1.56. The molecular formula is C9H15N5O. The Labute approximate surface area is 88.5 Å². The fraction of sp³-hybridized carbons (Fsp3) is 0.556. The summed E-state index contributed by atoms with van der Waals surface area (Å²) in [5.41, 5.74) is 5.72. The fourth-order valence-electron chi connectivity index (χ4n) is 1.68. The third-order valence-corrected chi connectivity index (χ3v) is 2.43. The molecule has 0 bridgehead atoms. The summed E-state index contributed by atoms with van der Waals surface area (Å²) in [5.74, 6) is 1.74. The molecule has 82 valence electrons. The monoisotopic (exact) mass is 209 g/mol. The summed E-state index contributed by atoms with van der Waals surface area (Å²) < 4.78 is 5.22. The molecule has 1 saturated heterocycles. The second-order valence-electron chi connectivity index (χ2n) is 3.35. The van der Waals surface area contributed by atoms with Crippen LogP contribution in [0.1, 0.15) is 0 Å². The first-order valence-electron chi connectivity index (χ1n) is 4.93. The van der Waals surface area contributed by atoms with Crippen LogP contribution in [0.5, 0.6) is 5.75 Å². The molecule has 15 heavy (non-hydrogen) atoms. The molecule has 1 aliphatic rings. The number of piperazine rings is 1. The van der Waals surface area contributed by atoms with Gasteiger partial charge in [-0.1, -0.05) is 0 Å². The third kappa shape index (κ3) is 1.94. The third-order valence-electron chi connectivity index (χ3n) is 2.43. The molecule has 0 unspecified atom stereocenters. The van der Waals surface area contributed by atoms with E-state index in [-0.39, 0.29) is 0 Å². The van der Waals surface area contributed by atoms with Gasteiger partial charge in [0.2, 0.25) is 5.75 Å². The molecule has 0 radical (unpaired) electrons. The number of nitrogens with two attached hydrogens (primary N) is 1. The highest BCUT2D eigenvalue weighted by Crippen LogP contribution is 2.29. The van der Waals surface area contributed by atoms with Crippen LogP contribution < -0.4 is 20.7 Å².